The highest BCUT2D eigenvalue weighted by molar-refractivity contribution is 6.05. The zero-order valence-corrected chi connectivity index (χ0v) is 11.2. The minimum Gasteiger partial charge on any atom is -0.481 e. The average molecular weight is 272 g/mol. The monoisotopic (exact) mass is 272 g/mol. The third-order valence-corrected chi connectivity index (χ3v) is 2.97. The van der Waals surface area contributed by atoms with Crippen LogP contribution in [0.1, 0.15) is 22.5 Å². The molecule has 20 heavy (non-hydrogen) atoms. The summed E-state index contributed by atoms with van der Waals surface area (Å²) in [6, 6.07) is 10.8. The number of rotatable bonds is 5. The molecule has 0 saturated heterocycles. The minimum absolute atomic E-state index is 0.0969. The summed E-state index contributed by atoms with van der Waals surface area (Å²) >= 11 is 0. The molecule has 1 aromatic heterocycles. The Balaban J connectivity index is 2.26. The SMILES string of the molecule is Cc1ccc(N(CCC(=O)O)C(=O)c2ccc[nH]2)cc1. The summed E-state index contributed by atoms with van der Waals surface area (Å²) in [4.78, 5) is 27.5. The molecule has 1 aromatic carbocycles. The average Bonchev–Trinajstić information content (AvgIpc) is 2.94. The van der Waals surface area contributed by atoms with Crippen LogP contribution in [0.4, 0.5) is 5.69 Å². The van der Waals surface area contributed by atoms with Crippen LogP contribution >= 0.6 is 0 Å². The Kier molecular flexibility index (Phi) is 4.20. The zero-order valence-electron chi connectivity index (χ0n) is 11.2. The summed E-state index contributed by atoms with van der Waals surface area (Å²) in [6.07, 6.45) is 1.57. The molecule has 5 nitrogen and oxygen atoms in total. The molecule has 1 heterocycles. The van der Waals surface area contributed by atoms with E-state index in [1.807, 2.05) is 31.2 Å². The number of nitrogens with one attached hydrogen (secondary N) is 1. The molecule has 2 rings (SSSR count). The fourth-order valence-electron chi connectivity index (χ4n) is 1.89. The number of carbonyl (C=O) groups excluding carboxylic acids is 1. The summed E-state index contributed by atoms with van der Waals surface area (Å²) in [5, 5.41) is 8.82. The Hall–Kier alpha value is -2.56. The van der Waals surface area contributed by atoms with E-state index in [1.54, 1.807) is 18.3 Å². The van der Waals surface area contributed by atoms with Gasteiger partial charge in [-0.25, -0.2) is 0 Å². The normalized spacial score (nSPS) is 10.2. The number of benzene rings is 1. The summed E-state index contributed by atoms with van der Waals surface area (Å²) in [7, 11) is 0. The van der Waals surface area contributed by atoms with Crippen molar-refractivity contribution in [1.29, 1.82) is 0 Å². The second kappa shape index (κ2) is 6.06. The van der Waals surface area contributed by atoms with Crippen molar-refractivity contribution in [3.63, 3.8) is 0 Å². The molecule has 0 fully saturated rings. The van der Waals surface area contributed by atoms with Crippen LogP contribution < -0.4 is 4.90 Å². The molecule has 0 aliphatic heterocycles. The van der Waals surface area contributed by atoms with Gasteiger partial charge in [-0.2, -0.15) is 0 Å². The van der Waals surface area contributed by atoms with Crippen molar-refractivity contribution in [2.45, 2.75) is 13.3 Å². The van der Waals surface area contributed by atoms with E-state index < -0.39 is 5.97 Å². The highest BCUT2D eigenvalue weighted by atomic mass is 16.4. The molecular weight excluding hydrogens is 256 g/mol. The predicted octanol–water partition coefficient (Wildman–Crippen LogP) is 2.44. The molecule has 0 atom stereocenters. The first-order valence-corrected chi connectivity index (χ1v) is 6.31. The van der Waals surface area contributed by atoms with Crippen molar-refractivity contribution in [3.8, 4) is 0 Å². The van der Waals surface area contributed by atoms with E-state index >= 15 is 0 Å². The van der Waals surface area contributed by atoms with Gasteiger partial charge in [-0.15, -0.1) is 0 Å². The fraction of sp³-hybridized carbons (Fsp3) is 0.200. The van der Waals surface area contributed by atoms with E-state index in [0.717, 1.165) is 5.56 Å². The third kappa shape index (κ3) is 3.26. The lowest BCUT2D eigenvalue weighted by molar-refractivity contribution is -0.136. The van der Waals surface area contributed by atoms with Gasteiger partial charge in [0.25, 0.3) is 5.91 Å². The maximum atomic E-state index is 12.4. The van der Waals surface area contributed by atoms with Crippen molar-refractivity contribution < 1.29 is 14.7 Å². The number of aromatic amines is 1. The van der Waals surface area contributed by atoms with Gasteiger partial charge < -0.3 is 15.0 Å². The number of anilines is 1. The molecule has 0 radical (unpaired) electrons. The Morgan fingerprint density at radius 2 is 1.90 bits per heavy atom. The quantitative estimate of drug-likeness (QED) is 0.878. The second-order valence-corrected chi connectivity index (χ2v) is 4.52. The van der Waals surface area contributed by atoms with Crippen molar-refractivity contribution in [2.24, 2.45) is 0 Å². The Morgan fingerprint density at radius 1 is 1.20 bits per heavy atom. The molecule has 2 N–H and O–H groups in total. The third-order valence-electron chi connectivity index (χ3n) is 2.97. The zero-order chi connectivity index (χ0) is 14.5. The largest absolute Gasteiger partial charge is 0.481 e. The topological polar surface area (TPSA) is 73.4 Å². The number of nitrogens with zero attached hydrogens (tertiary/aromatic N) is 1. The van der Waals surface area contributed by atoms with E-state index in [-0.39, 0.29) is 18.9 Å². The molecular formula is C15H16N2O3. The van der Waals surface area contributed by atoms with Crippen molar-refractivity contribution in [2.75, 3.05) is 11.4 Å². The van der Waals surface area contributed by atoms with Crippen LogP contribution in [0.2, 0.25) is 0 Å². The number of hydrogen-bond acceptors (Lipinski definition) is 2. The van der Waals surface area contributed by atoms with Crippen molar-refractivity contribution in [3.05, 3.63) is 53.9 Å². The van der Waals surface area contributed by atoms with Gasteiger partial charge in [0.1, 0.15) is 5.69 Å². The number of aliphatic carboxylic acids is 1. The number of aryl methyl sites for hydroxylation is 1. The number of hydrogen-bond donors (Lipinski definition) is 2. The number of carbonyl (C=O) groups is 2. The molecule has 0 bridgehead atoms. The fourth-order valence-corrected chi connectivity index (χ4v) is 1.89. The van der Waals surface area contributed by atoms with Crippen LogP contribution in [0.25, 0.3) is 0 Å². The maximum absolute atomic E-state index is 12.4. The number of H-pyrrole nitrogens is 1. The molecule has 0 spiro atoms. The van der Waals surface area contributed by atoms with E-state index in [0.29, 0.717) is 11.4 Å². The summed E-state index contributed by atoms with van der Waals surface area (Å²) in [5.74, 6) is -1.17. The van der Waals surface area contributed by atoms with Crippen LogP contribution in [-0.4, -0.2) is 28.5 Å². The Bertz CT molecular complexity index is 588. The van der Waals surface area contributed by atoms with Gasteiger partial charge >= 0.3 is 5.97 Å². The standard InChI is InChI=1S/C15H16N2O3/c1-11-4-6-12(7-5-11)17(10-8-14(18)19)15(20)13-3-2-9-16-13/h2-7,9,16H,8,10H2,1H3,(H,18,19). The lowest BCUT2D eigenvalue weighted by atomic mass is 10.2. The number of aromatic nitrogens is 1. The van der Waals surface area contributed by atoms with Gasteiger partial charge in [0.2, 0.25) is 0 Å². The smallest absolute Gasteiger partial charge is 0.305 e. The Morgan fingerprint density at radius 3 is 2.45 bits per heavy atom. The van der Waals surface area contributed by atoms with Crippen LogP contribution in [0.5, 0.6) is 0 Å². The maximum Gasteiger partial charge on any atom is 0.305 e. The first-order valence-electron chi connectivity index (χ1n) is 6.31. The van der Waals surface area contributed by atoms with Gasteiger partial charge in [0.05, 0.1) is 6.42 Å². The predicted molar refractivity (Wildman–Crippen MR) is 75.9 cm³/mol. The number of amides is 1. The molecule has 0 aliphatic carbocycles. The minimum atomic E-state index is -0.929. The summed E-state index contributed by atoms with van der Waals surface area (Å²) in [6.45, 7) is 2.09. The lowest BCUT2D eigenvalue weighted by Crippen LogP contribution is -2.33. The molecule has 104 valence electrons. The van der Waals surface area contributed by atoms with Gasteiger partial charge in [0, 0.05) is 18.4 Å². The highest BCUT2D eigenvalue weighted by Crippen LogP contribution is 2.18. The molecule has 0 aliphatic rings. The highest BCUT2D eigenvalue weighted by Gasteiger charge is 2.19. The van der Waals surface area contributed by atoms with Gasteiger partial charge in [-0.1, -0.05) is 17.7 Å². The van der Waals surface area contributed by atoms with E-state index in [1.165, 1.54) is 4.90 Å². The molecule has 1 amide bonds. The summed E-state index contributed by atoms with van der Waals surface area (Å²) in [5.41, 5.74) is 2.21. The van der Waals surface area contributed by atoms with Crippen LogP contribution in [0.3, 0.4) is 0 Å². The molecule has 0 saturated carbocycles. The molecule has 5 heteroatoms. The van der Waals surface area contributed by atoms with Gasteiger partial charge in [-0.3, -0.25) is 9.59 Å². The Labute approximate surface area is 116 Å². The van der Waals surface area contributed by atoms with Crippen LogP contribution in [-0.2, 0) is 4.79 Å². The van der Waals surface area contributed by atoms with E-state index in [4.69, 9.17) is 5.11 Å². The first kappa shape index (κ1) is 13.9. The van der Waals surface area contributed by atoms with Gasteiger partial charge in [-0.05, 0) is 31.2 Å². The summed E-state index contributed by atoms with van der Waals surface area (Å²) < 4.78 is 0. The van der Waals surface area contributed by atoms with Gasteiger partial charge in [0.15, 0.2) is 0 Å². The van der Waals surface area contributed by atoms with Crippen LogP contribution in [0.15, 0.2) is 42.6 Å². The second-order valence-electron chi connectivity index (χ2n) is 4.52. The van der Waals surface area contributed by atoms with Crippen LogP contribution in [0, 0.1) is 6.92 Å². The lowest BCUT2D eigenvalue weighted by Gasteiger charge is -2.21. The molecule has 2 aromatic rings. The van der Waals surface area contributed by atoms with Crippen molar-refractivity contribution in [1.82, 2.24) is 4.98 Å². The number of carboxylic acid groups (broad SMARTS) is 1. The van der Waals surface area contributed by atoms with E-state index in [9.17, 15) is 9.59 Å². The molecule has 0 unspecified atom stereocenters. The number of carboxylic acids is 1. The van der Waals surface area contributed by atoms with Crippen molar-refractivity contribution >= 4 is 17.6 Å². The van der Waals surface area contributed by atoms with E-state index in [2.05, 4.69) is 4.98 Å². The first-order chi connectivity index (χ1) is 9.58.